The molecule has 3 saturated heterocycles. The minimum atomic E-state index is -0.0437. The molecule has 3 aliphatic rings. The molecule has 8 heteroatoms. The monoisotopic (exact) mass is 414 g/mol. The molecule has 0 radical (unpaired) electrons. The number of hydrogen-bond acceptors (Lipinski definition) is 4. The van der Waals surface area contributed by atoms with Crippen molar-refractivity contribution >= 4 is 17.8 Å². The molecule has 3 heterocycles. The third kappa shape index (κ3) is 4.86. The van der Waals surface area contributed by atoms with Gasteiger partial charge in [-0.2, -0.15) is 0 Å². The summed E-state index contributed by atoms with van der Waals surface area (Å²) in [5.41, 5.74) is 0. The Labute approximate surface area is 177 Å². The molecule has 3 fully saturated rings. The van der Waals surface area contributed by atoms with Crippen molar-refractivity contribution in [2.75, 3.05) is 52.4 Å². The van der Waals surface area contributed by atoms with E-state index in [9.17, 15) is 14.4 Å². The first-order valence-corrected chi connectivity index (χ1v) is 10.9. The number of hydrogen-bond donors (Lipinski definition) is 1. The Hall–Kier alpha value is -2.77. The van der Waals surface area contributed by atoms with Crippen LogP contribution in [0.4, 0.5) is 4.79 Å². The molecular weight excluding hydrogens is 384 g/mol. The number of carbonyl (C=O) groups excluding carboxylic acids is 3. The lowest BCUT2D eigenvalue weighted by atomic mass is 9.82. The Morgan fingerprint density at radius 3 is 2.53 bits per heavy atom. The van der Waals surface area contributed by atoms with Crippen LogP contribution in [0.25, 0.3) is 0 Å². The Morgan fingerprint density at radius 1 is 1.00 bits per heavy atom. The molecule has 0 aromatic heterocycles. The topological polar surface area (TPSA) is 82.2 Å². The molecule has 4 amide bonds. The number of fused-ring (bicyclic) bond motifs is 1. The zero-order chi connectivity index (χ0) is 20.9. The van der Waals surface area contributed by atoms with Gasteiger partial charge in [-0.1, -0.05) is 18.2 Å². The highest BCUT2D eigenvalue weighted by Gasteiger charge is 2.36. The number of likely N-dealkylation sites (tertiary alicyclic amines) is 2. The summed E-state index contributed by atoms with van der Waals surface area (Å²) in [6.07, 6.45) is 2.29. The van der Waals surface area contributed by atoms with Crippen molar-refractivity contribution in [3.8, 4) is 5.75 Å². The number of nitrogens with one attached hydrogen (secondary N) is 1. The van der Waals surface area contributed by atoms with Crippen LogP contribution in [-0.4, -0.2) is 85.0 Å². The second kappa shape index (κ2) is 9.36. The number of benzene rings is 1. The molecule has 0 bridgehead atoms. The second-order valence-corrected chi connectivity index (χ2v) is 8.34. The summed E-state index contributed by atoms with van der Waals surface area (Å²) in [6, 6.07) is 9.33. The predicted octanol–water partition coefficient (Wildman–Crippen LogP) is 1.18. The van der Waals surface area contributed by atoms with E-state index in [0.29, 0.717) is 69.8 Å². The molecule has 8 nitrogen and oxygen atoms in total. The third-order valence-corrected chi connectivity index (χ3v) is 6.49. The van der Waals surface area contributed by atoms with Crippen LogP contribution < -0.4 is 10.1 Å². The molecular formula is C22H30N4O4. The fraction of sp³-hybridized carbons (Fsp3) is 0.591. The van der Waals surface area contributed by atoms with Gasteiger partial charge in [-0.25, -0.2) is 4.79 Å². The lowest BCUT2D eigenvalue weighted by molar-refractivity contribution is -0.136. The van der Waals surface area contributed by atoms with E-state index in [4.69, 9.17) is 4.74 Å². The van der Waals surface area contributed by atoms with Gasteiger partial charge in [-0.15, -0.1) is 0 Å². The standard InChI is InChI=1S/C22H30N4O4/c27-20-14-17-6-10-26(21(28)16-30-19-4-2-1-3-5-19)15-18(17)7-9-24(20)12-13-25-11-8-23-22(25)29/h1-5,17-18H,6-16H2,(H,23,29)/t17-,18+/m1/s1. The van der Waals surface area contributed by atoms with Crippen molar-refractivity contribution in [3.05, 3.63) is 30.3 Å². The number of piperidine rings is 1. The van der Waals surface area contributed by atoms with Crippen molar-refractivity contribution in [2.45, 2.75) is 19.3 Å². The first-order valence-electron chi connectivity index (χ1n) is 10.9. The highest BCUT2D eigenvalue weighted by Crippen LogP contribution is 2.32. The molecule has 3 aliphatic heterocycles. The minimum absolute atomic E-state index is 0.00442. The maximum absolute atomic E-state index is 12.7. The number of nitrogens with zero attached hydrogens (tertiary/aromatic N) is 3. The van der Waals surface area contributed by atoms with E-state index >= 15 is 0 Å². The van der Waals surface area contributed by atoms with Crippen molar-refractivity contribution in [2.24, 2.45) is 11.8 Å². The van der Waals surface area contributed by atoms with E-state index < -0.39 is 0 Å². The van der Waals surface area contributed by atoms with Crippen LogP contribution in [0.5, 0.6) is 5.75 Å². The van der Waals surface area contributed by atoms with Crippen LogP contribution in [0.3, 0.4) is 0 Å². The summed E-state index contributed by atoms with van der Waals surface area (Å²) in [7, 11) is 0. The molecule has 0 spiro atoms. The van der Waals surface area contributed by atoms with Gasteiger partial charge >= 0.3 is 6.03 Å². The van der Waals surface area contributed by atoms with E-state index in [1.807, 2.05) is 40.1 Å². The molecule has 30 heavy (non-hydrogen) atoms. The maximum atomic E-state index is 12.7. The van der Waals surface area contributed by atoms with Crippen molar-refractivity contribution in [3.63, 3.8) is 0 Å². The van der Waals surface area contributed by atoms with Crippen LogP contribution in [0.15, 0.2) is 30.3 Å². The molecule has 1 aromatic rings. The van der Waals surface area contributed by atoms with Crippen LogP contribution in [-0.2, 0) is 9.59 Å². The molecule has 1 aromatic carbocycles. The van der Waals surface area contributed by atoms with Gasteiger partial charge in [0.15, 0.2) is 6.61 Å². The zero-order valence-corrected chi connectivity index (χ0v) is 17.3. The van der Waals surface area contributed by atoms with Gasteiger partial charge in [0.2, 0.25) is 5.91 Å². The van der Waals surface area contributed by atoms with Gasteiger partial charge in [0.25, 0.3) is 5.91 Å². The summed E-state index contributed by atoms with van der Waals surface area (Å²) >= 11 is 0. The number of rotatable bonds is 6. The van der Waals surface area contributed by atoms with Crippen molar-refractivity contribution in [1.29, 1.82) is 0 Å². The summed E-state index contributed by atoms with van der Waals surface area (Å²) in [5.74, 6) is 1.54. The van der Waals surface area contributed by atoms with E-state index in [1.165, 1.54) is 0 Å². The highest BCUT2D eigenvalue weighted by molar-refractivity contribution is 5.79. The smallest absolute Gasteiger partial charge is 0.317 e. The lowest BCUT2D eigenvalue weighted by Gasteiger charge is -2.37. The molecule has 0 aliphatic carbocycles. The summed E-state index contributed by atoms with van der Waals surface area (Å²) in [4.78, 5) is 42.6. The normalized spacial score (nSPS) is 24.3. The van der Waals surface area contributed by atoms with E-state index in [2.05, 4.69) is 5.32 Å². The Kier molecular flexibility index (Phi) is 6.40. The summed E-state index contributed by atoms with van der Waals surface area (Å²) in [5, 5.41) is 2.79. The van der Waals surface area contributed by atoms with Gasteiger partial charge in [0.05, 0.1) is 0 Å². The van der Waals surface area contributed by atoms with Gasteiger partial charge in [0.1, 0.15) is 5.75 Å². The molecule has 0 unspecified atom stereocenters. The fourth-order valence-corrected chi connectivity index (χ4v) is 4.66. The first kappa shape index (κ1) is 20.5. The van der Waals surface area contributed by atoms with Crippen molar-refractivity contribution < 1.29 is 19.1 Å². The maximum Gasteiger partial charge on any atom is 0.317 e. The van der Waals surface area contributed by atoms with E-state index in [0.717, 1.165) is 12.8 Å². The predicted molar refractivity (Wildman–Crippen MR) is 111 cm³/mol. The van der Waals surface area contributed by atoms with Crippen LogP contribution in [0, 0.1) is 11.8 Å². The largest absolute Gasteiger partial charge is 0.484 e. The SMILES string of the molecule is O=C1C[C@H]2CCN(C(=O)COc3ccccc3)C[C@@H]2CCN1CCN1CCNC1=O. The quantitative estimate of drug-likeness (QED) is 0.758. The van der Waals surface area contributed by atoms with Gasteiger partial charge in [-0.3, -0.25) is 9.59 Å². The Morgan fingerprint density at radius 2 is 1.77 bits per heavy atom. The third-order valence-electron chi connectivity index (χ3n) is 6.49. The highest BCUT2D eigenvalue weighted by atomic mass is 16.5. The molecule has 4 rings (SSSR count). The summed E-state index contributed by atoms with van der Waals surface area (Å²) in [6.45, 7) is 4.65. The first-order chi connectivity index (χ1) is 14.6. The number of para-hydroxylation sites is 1. The molecule has 2 atom stereocenters. The fourth-order valence-electron chi connectivity index (χ4n) is 4.66. The van der Waals surface area contributed by atoms with E-state index in [1.54, 1.807) is 4.90 Å². The Bertz CT molecular complexity index is 772. The molecule has 162 valence electrons. The Balaban J connectivity index is 1.27. The number of amides is 4. The average molecular weight is 415 g/mol. The van der Waals surface area contributed by atoms with Crippen molar-refractivity contribution in [1.82, 2.24) is 20.0 Å². The van der Waals surface area contributed by atoms with Gasteiger partial charge in [-0.05, 0) is 36.8 Å². The summed E-state index contributed by atoms with van der Waals surface area (Å²) < 4.78 is 5.61. The number of ether oxygens (including phenoxy) is 1. The van der Waals surface area contributed by atoms with Gasteiger partial charge in [0, 0.05) is 52.2 Å². The lowest BCUT2D eigenvalue weighted by Crippen LogP contribution is -2.45. The van der Waals surface area contributed by atoms with E-state index in [-0.39, 0.29) is 24.5 Å². The molecule has 1 N–H and O–H groups in total. The number of carbonyl (C=O) groups is 3. The molecule has 0 saturated carbocycles. The zero-order valence-electron chi connectivity index (χ0n) is 17.3. The minimum Gasteiger partial charge on any atom is -0.484 e. The van der Waals surface area contributed by atoms with Gasteiger partial charge < -0.3 is 24.8 Å². The number of urea groups is 1. The van der Waals surface area contributed by atoms with Crippen LogP contribution >= 0.6 is 0 Å². The second-order valence-electron chi connectivity index (χ2n) is 8.34. The van der Waals surface area contributed by atoms with Crippen LogP contribution in [0.1, 0.15) is 19.3 Å². The van der Waals surface area contributed by atoms with Crippen LogP contribution in [0.2, 0.25) is 0 Å². The average Bonchev–Trinajstić information content (AvgIpc) is 3.10.